The second-order valence-electron chi connectivity index (χ2n) is 6.31. The number of nitrogens with zero attached hydrogens (tertiary/aromatic N) is 2. The van der Waals surface area contributed by atoms with E-state index in [-0.39, 0.29) is 5.91 Å². The van der Waals surface area contributed by atoms with Crippen LogP contribution in [-0.4, -0.2) is 31.1 Å². The summed E-state index contributed by atoms with van der Waals surface area (Å²) >= 11 is 0. The normalized spacial score (nSPS) is 18.2. The third-order valence-corrected chi connectivity index (χ3v) is 4.49. The maximum absolute atomic E-state index is 11.2. The molecule has 0 saturated carbocycles. The molecule has 2 N–H and O–H groups in total. The molecule has 1 unspecified atom stereocenters. The van der Waals surface area contributed by atoms with Gasteiger partial charge in [0.25, 0.3) is 0 Å². The van der Waals surface area contributed by atoms with Crippen LogP contribution in [0.5, 0.6) is 5.75 Å². The number of carbonyl (C=O) groups is 1. The summed E-state index contributed by atoms with van der Waals surface area (Å²) in [7, 11) is 1.67. The number of fused-ring (bicyclic) bond motifs is 1. The number of aryl methyl sites for hydroxylation is 1. The second kappa shape index (κ2) is 6.44. The maximum atomic E-state index is 11.2. The van der Waals surface area contributed by atoms with E-state index >= 15 is 0 Å². The molecule has 1 aliphatic rings. The summed E-state index contributed by atoms with van der Waals surface area (Å²) in [5.74, 6) is 1.96. The lowest BCUT2D eigenvalue weighted by Crippen LogP contribution is -2.38. The Kier molecular flexibility index (Phi) is 4.37. The van der Waals surface area contributed by atoms with Gasteiger partial charge in [0.05, 0.1) is 12.6 Å². The summed E-state index contributed by atoms with van der Waals surface area (Å²) in [5, 5.41) is 1.08. The number of benzene rings is 1. The molecule has 3 rings (SSSR count). The number of primary amides is 1. The Morgan fingerprint density at radius 2 is 2.26 bits per heavy atom. The predicted octanol–water partition coefficient (Wildman–Crippen LogP) is 2.64. The van der Waals surface area contributed by atoms with Crippen molar-refractivity contribution in [3.05, 3.63) is 29.8 Å². The first kappa shape index (κ1) is 15.6. The summed E-state index contributed by atoms with van der Waals surface area (Å²) in [6.45, 7) is 3.90. The average Bonchev–Trinajstić information content (AvgIpc) is 2.53. The highest BCUT2D eigenvalue weighted by Crippen LogP contribution is 2.29. The van der Waals surface area contributed by atoms with Gasteiger partial charge in [0.2, 0.25) is 5.91 Å². The van der Waals surface area contributed by atoms with Crippen molar-refractivity contribution in [3.8, 4) is 5.75 Å². The average molecular weight is 313 g/mol. The van der Waals surface area contributed by atoms with Crippen molar-refractivity contribution in [2.45, 2.75) is 26.2 Å². The van der Waals surface area contributed by atoms with Gasteiger partial charge in [-0.05, 0) is 55.5 Å². The van der Waals surface area contributed by atoms with Crippen molar-refractivity contribution in [3.63, 3.8) is 0 Å². The number of amides is 1. The molecule has 5 heteroatoms. The van der Waals surface area contributed by atoms with Crippen molar-refractivity contribution in [2.24, 2.45) is 11.7 Å². The zero-order valence-electron chi connectivity index (χ0n) is 13.7. The number of hydrogen-bond acceptors (Lipinski definition) is 4. The Bertz CT molecular complexity index is 730. The highest BCUT2D eigenvalue weighted by atomic mass is 16.5. The van der Waals surface area contributed by atoms with Crippen LogP contribution in [-0.2, 0) is 4.79 Å². The maximum Gasteiger partial charge on any atom is 0.217 e. The number of carbonyl (C=O) groups excluding carboxylic acids is 1. The third-order valence-electron chi connectivity index (χ3n) is 4.49. The molecule has 1 fully saturated rings. The van der Waals surface area contributed by atoms with Crippen molar-refractivity contribution in [2.75, 3.05) is 25.1 Å². The number of methoxy groups -OCH3 is 1. The molecule has 0 bridgehead atoms. The highest BCUT2D eigenvalue weighted by molar-refractivity contribution is 5.83. The van der Waals surface area contributed by atoms with E-state index in [2.05, 4.69) is 17.9 Å². The number of pyridine rings is 1. The molecule has 0 aliphatic carbocycles. The Morgan fingerprint density at radius 1 is 1.43 bits per heavy atom. The molecule has 5 nitrogen and oxygen atoms in total. The molecule has 1 atom stereocenters. The van der Waals surface area contributed by atoms with Crippen LogP contribution in [0.25, 0.3) is 10.9 Å². The van der Waals surface area contributed by atoms with Gasteiger partial charge in [-0.15, -0.1) is 0 Å². The van der Waals surface area contributed by atoms with Gasteiger partial charge in [0.15, 0.2) is 0 Å². The first-order chi connectivity index (χ1) is 11.1. The van der Waals surface area contributed by atoms with Gasteiger partial charge in [0.1, 0.15) is 11.6 Å². The van der Waals surface area contributed by atoms with E-state index in [9.17, 15) is 4.79 Å². The number of piperidine rings is 1. The van der Waals surface area contributed by atoms with Crippen molar-refractivity contribution in [1.82, 2.24) is 4.98 Å². The molecule has 0 spiro atoms. The zero-order chi connectivity index (χ0) is 16.4. The summed E-state index contributed by atoms with van der Waals surface area (Å²) in [4.78, 5) is 18.3. The molecule has 1 amide bonds. The fourth-order valence-electron chi connectivity index (χ4n) is 3.41. The minimum absolute atomic E-state index is 0.216. The molecule has 122 valence electrons. The van der Waals surface area contributed by atoms with Crippen LogP contribution in [0, 0.1) is 12.8 Å². The molecule has 1 aromatic carbocycles. The third kappa shape index (κ3) is 3.38. The molecule has 1 aliphatic heterocycles. The number of anilines is 1. The molecule has 0 radical (unpaired) electrons. The second-order valence-corrected chi connectivity index (χ2v) is 6.31. The quantitative estimate of drug-likeness (QED) is 0.942. The molecule has 1 aromatic heterocycles. The van der Waals surface area contributed by atoms with Crippen LogP contribution in [0.3, 0.4) is 0 Å². The predicted molar refractivity (Wildman–Crippen MR) is 91.8 cm³/mol. The van der Waals surface area contributed by atoms with Gasteiger partial charge in [0, 0.05) is 24.9 Å². The zero-order valence-corrected chi connectivity index (χ0v) is 13.7. The van der Waals surface area contributed by atoms with Crippen LogP contribution in [0.4, 0.5) is 5.82 Å². The number of ether oxygens (including phenoxy) is 1. The lowest BCUT2D eigenvalue weighted by molar-refractivity contribution is -0.118. The first-order valence-electron chi connectivity index (χ1n) is 8.05. The van der Waals surface area contributed by atoms with E-state index in [0.717, 1.165) is 54.0 Å². The van der Waals surface area contributed by atoms with Crippen LogP contribution in [0.15, 0.2) is 24.3 Å². The Morgan fingerprint density at radius 3 is 3.00 bits per heavy atom. The minimum atomic E-state index is -0.216. The van der Waals surface area contributed by atoms with Crippen molar-refractivity contribution in [1.29, 1.82) is 0 Å². The molecular formula is C18H23N3O2. The number of nitrogens with two attached hydrogens (primary N) is 1. The standard InChI is InChI=1S/C18H23N3O2/c1-12-8-14-10-15(23-2)5-6-16(14)20-18(12)21-7-3-4-13(11-21)9-17(19)22/h5-6,8,10,13H,3-4,7,9,11H2,1-2H3,(H2,19,22). The van der Waals surface area contributed by atoms with E-state index in [1.165, 1.54) is 0 Å². The first-order valence-corrected chi connectivity index (χ1v) is 8.05. The van der Waals surface area contributed by atoms with Crippen LogP contribution in [0.1, 0.15) is 24.8 Å². The number of hydrogen-bond donors (Lipinski definition) is 1. The summed E-state index contributed by atoms with van der Waals surface area (Å²) < 4.78 is 5.28. The van der Waals surface area contributed by atoms with E-state index in [1.54, 1.807) is 7.11 Å². The lowest BCUT2D eigenvalue weighted by Gasteiger charge is -2.34. The van der Waals surface area contributed by atoms with Gasteiger partial charge >= 0.3 is 0 Å². The number of rotatable bonds is 4. The Balaban J connectivity index is 1.89. The summed E-state index contributed by atoms with van der Waals surface area (Å²) in [5.41, 5.74) is 7.46. The van der Waals surface area contributed by atoms with Crippen LogP contribution >= 0.6 is 0 Å². The van der Waals surface area contributed by atoms with E-state index in [0.29, 0.717) is 12.3 Å². The Labute approximate surface area is 136 Å². The monoisotopic (exact) mass is 313 g/mol. The fraction of sp³-hybridized carbons (Fsp3) is 0.444. The number of aromatic nitrogens is 1. The Hall–Kier alpha value is -2.30. The smallest absolute Gasteiger partial charge is 0.217 e. The lowest BCUT2D eigenvalue weighted by atomic mass is 9.94. The van der Waals surface area contributed by atoms with E-state index in [1.807, 2.05) is 18.2 Å². The molecule has 2 aromatic rings. The SMILES string of the molecule is COc1ccc2nc(N3CCCC(CC(N)=O)C3)c(C)cc2c1. The van der Waals surface area contributed by atoms with Gasteiger partial charge in [-0.25, -0.2) is 4.98 Å². The van der Waals surface area contributed by atoms with Gasteiger partial charge < -0.3 is 15.4 Å². The molecule has 23 heavy (non-hydrogen) atoms. The van der Waals surface area contributed by atoms with Crippen LogP contribution < -0.4 is 15.4 Å². The van der Waals surface area contributed by atoms with Crippen molar-refractivity contribution >= 4 is 22.6 Å². The molecule has 2 heterocycles. The fourth-order valence-corrected chi connectivity index (χ4v) is 3.41. The molecule has 1 saturated heterocycles. The van der Waals surface area contributed by atoms with Crippen molar-refractivity contribution < 1.29 is 9.53 Å². The van der Waals surface area contributed by atoms with Gasteiger partial charge in [-0.1, -0.05) is 0 Å². The van der Waals surface area contributed by atoms with Gasteiger partial charge in [-0.3, -0.25) is 4.79 Å². The van der Waals surface area contributed by atoms with Crippen LogP contribution in [0.2, 0.25) is 0 Å². The topological polar surface area (TPSA) is 68.4 Å². The van der Waals surface area contributed by atoms with E-state index < -0.39 is 0 Å². The van der Waals surface area contributed by atoms with Gasteiger partial charge in [-0.2, -0.15) is 0 Å². The van der Waals surface area contributed by atoms with E-state index in [4.69, 9.17) is 15.5 Å². The minimum Gasteiger partial charge on any atom is -0.497 e. The molecular weight excluding hydrogens is 290 g/mol. The highest BCUT2D eigenvalue weighted by Gasteiger charge is 2.23. The summed E-state index contributed by atoms with van der Waals surface area (Å²) in [6.07, 6.45) is 2.59. The largest absolute Gasteiger partial charge is 0.497 e. The summed E-state index contributed by atoms with van der Waals surface area (Å²) in [6, 6.07) is 8.07.